The number of ether oxygens (including phenoxy) is 1. The normalized spacial score (nSPS) is 14.3. The number of carboxylic acid groups (broad SMARTS) is 1. The van der Waals surface area contributed by atoms with Gasteiger partial charge in [0.2, 0.25) is 0 Å². The van der Waals surface area contributed by atoms with Gasteiger partial charge in [0.05, 0.1) is 12.7 Å². The maximum absolute atomic E-state index is 12.1. The van der Waals surface area contributed by atoms with Gasteiger partial charge < -0.3 is 19.3 Å². The Morgan fingerprint density at radius 1 is 0.971 bits per heavy atom. The molecule has 35 heavy (non-hydrogen) atoms. The lowest BCUT2D eigenvalue weighted by atomic mass is 9.99. The highest BCUT2D eigenvalue weighted by atomic mass is 16.5. The smallest absolute Gasteiger partial charge is 0.336 e. The molecule has 1 aliphatic heterocycles. The second-order valence-corrected chi connectivity index (χ2v) is 9.19. The minimum absolute atomic E-state index is 0.319. The maximum atomic E-state index is 12.1. The molecule has 0 aliphatic carbocycles. The summed E-state index contributed by atoms with van der Waals surface area (Å²) >= 11 is 0. The number of likely N-dealkylation sites (tertiary alicyclic amines) is 1. The largest absolute Gasteiger partial charge is 0.497 e. The quantitative estimate of drug-likeness (QED) is 0.345. The minimum Gasteiger partial charge on any atom is -0.497 e. The van der Waals surface area contributed by atoms with E-state index in [0.29, 0.717) is 5.56 Å². The van der Waals surface area contributed by atoms with Gasteiger partial charge in [-0.25, -0.2) is 4.79 Å². The lowest BCUT2D eigenvalue weighted by Crippen LogP contribution is -2.31. The van der Waals surface area contributed by atoms with Crippen molar-refractivity contribution in [2.24, 2.45) is 0 Å². The third-order valence-electron chi connectivity index (χ3n) is 6.91. The molecule has 180 valence electrons. The fourth-order valence-corrected chi connectivity index (χ4v) is 5.13. The van der Waals surface area contributed by atoms with Crippen LogP contribution in [0.3, 0.4) is 0 Å². The molecule has 1 aliphatic rings. The fraction of sp³-hybridized carbons (Fsp3) is 0.310. The van der Waals surface area contributed by atoms with E-state index >= 15 is 0 Å². The molecule has 3 heterocycles. The van der Waals surface area contributed by atoms with E-state index in [0.717, 1.165) is 58.4 Å². The molecule has 0 bridgehead atoms. The first-order chi connectivity index (χ1) is 17.1. The van der Waals surface area contributed by atoms with Crippen molar-refractivity contribution in [3.63, 3.8) is 0 Å². The second kappa shape index (κ2) is 10.3. The summed E-state index contributed by atoms with van der Waals surface area (Å²) in [4.78, 5) is 19.2. The van der Waals surface area contributed by atoms with E-state index in [1.807, 2.05) is 48.8 Å². The number of hydrogen-bond acceptors (Lipinski definition) is 4. The standard InChI is InChI=1S/C29H31N3O3/c1-35-24-9-5-8-21(17-24)22-16-23(19-30-18-22)26-20-32(15-7-14-31-12-3-2-4-13-31)27-11-6-10-25(28(26)27)29(33)34/h5-6,8-11,16-20H,2-4,7,12-15H2,1H3,(H,33,34). The van der Waals surface area contributed by atoms with Crippen LogP contribution >= 0.6 is 0 Å². The fourth-order valence-electron chi connectivity index (χ4n) is 5.13. The Hall–Kier alpha value is -3.64. The van der Waals surface area contributed by atoms with Crippen molar-refractivity contribution in [1.82, 2.24) is 14.5 Å². The number of benzene rings is 2. The van der Waals surface area contributed by atoms with Gasteiger partial charge in [0.1, 0.15) is 5.75 Å². The third-order valence-corrected chi connectivity index (χ3v) is 6.91. The Morgan fingerprint density at radius 3 is 2.57 bits per heavy atom. The van der Waals surface area contributed by atoms with Crippen LogP contribution in [0.5, 0.6) is 5.75 Å². The molecule has 2 aromatic carbocycles. The van der Waals surface area contributed by atoms with E-state index in [4.69, 9.17) is 4.74 Å². The molecule has 4 aromatic rings. The van der Waals surface area contributed by atoms with Crippen molar-refractivity contribution in [2.45, 2.75) is 32.2 Å². The van der Waals surface area contributed by atoms with E-state index in [1.54, 1.807) is 13.2 Å². The summed E-state index contributed by atoms with van der Waals surface area (Å²) in [6.45, 7) is 4.28. The van der Waals surface area contributed by atoms with Crippen LogP contribution in [-0.2, 0) is 6.54 Å². The van der Waals surface area contributed by atoms with Crippen molar-refractivity contribution < 1.29 is 14.6 Å². The number of rotatable bonds is 8. The summed E-state index contributed by atoms with van der Waals surface area (Å²) < 4.78 is 7.59. The Labute approximate surface area is 205 Å². The number of methoxy groups -OCH3 is 1. The van der Waals surface area contributed by atoms with Gasteiger partial charge in [0.25, 0.3) is 0 Å². The molecule has 0 spiro atoms. The molecule has 1 N–H and O–H groups in total. The minimum atomic E-state index is -0.917. The summed E-state index contributed by atoms with van der Waals surface area (Å²) in [5.41, 5.74) is 5.03. The number of hydrogen-bond donors (Lipinski definition) is 1. The second-order valence-electron chi connectivity index (χ2n) is 9.19. The van der Waals surface area contributed by atoms with E-state index in [1.165, 1.54) is 32.4 Å². The van der Waals surface area contributed by atoms with Crippen molar-refractivity contribution in [3.05, 3.63) is 72.7 Å². The van der Waals surface area contributed by atoms with Crippen LogP contribution in [0.4, 0.5) is 0 Å². The van der Waals surface area contributed by atoms with Crippen LogP contribution in [0.1, 0.15) is 36.0 Å². The topological polar surface area (TPSA) is 67.6 Å². The summed E-state index contributed by atoms with van der Waals surface area (Å²) in [5.74, 6) is -0.133. The molecule has 6 heteroatoms. The van der Waals surface area contributed by atoms with Crippen LogP contribution in [0.2, 0.25) is 0 Å². The third kappa shape index (κ3) is 4.93. The molecular weight excluding hydrogens is 438 g/mol. The Kier molecular flexibility index (Phi) is 6.82. The number of fused-ring (bicyclic) bond motifs is 1. The van der Waals surface area contributed by atoms with Gasteiger partial charge in [-0.2, -0.15) is 0 Å². The Bertz CT molecular complexity index is 1340. The molecule has 2 aromatic heterocycles. The molecule has 0 amide bonds. The number of aryl methyl sites for hydroxylation is 1. The lowest BCUT2D eigenvalue weighted by molar-refractivity contribution is 0.0699. The monoisotopic (exact) mass is 469 g/mol. The van der Waals surface area contributed by atoms with Gasteiger partial charge in [-0.05, 0) is 74.8 Å². The van der Waals surface area contributed by atoms with Crippen LogP contribution in [0.25, 0.3) is 33.2 Å². The highest BCUT2D eigenvalue weighted by Crippen LogP contribution is 2.35. The molecular formula is C29H31N3O3. The molecule has 0 saturated carbocycles. The maximum Gasteiger partial charge on any atom is 0.336 e. The molecule has 5 rings (SSSR count). The molecule has 0 atom stereocenters. The van der Waals surface area contributed by atoms with Crippen molar-refractivity contribution in [1.29, 1.82) is 0 Å². The summed E-state index contributed by atoms with van der Waals surface area (Å²) in [6, 6.07) is 15.5. The van der Waals surface area contributed by atoms with Crippen LogP contribution in [-0.4, -0.2) is 52.3 Å². The van der Waals surface area contributed by atoms with Crippen molar-refractivity contribution in [2.75, 3.05) is 26.7 Å². The van der Waals surface area contributed by atoms with E-state index in [2.05, 4.69) is 26.7 Å². The van der Waals surface area contributed by atoms with Crippen molar-refractivity contribution in [3.8, 4) is 28.0 Å². The molecule has 1 saturated heterocycles. The zero-order chi connectivity index (χ0) is 24.2. The number of carboxylic acids is 1. The van der Waals surface area contributed by atoms with Gasteiger partial charge in [0, 0.05) is 52.7 Å². The lowest BCUT2D eigenvalue weighted by Gasteiger charge is -2.26. The van der Waals surface area contributed by atoms with Gasteiger partial charge in [-0.15, -0.1) is 0 Å². The first-order valence-electron chi connectivity index (χ1n) is 12.3. The molecule has 1 fully saturated rings. The van der Waals surface area contributed by atoms with Gasteiger partial charge in [0.15, 0.2) is 0 Å². The first-order valence-corrected chi connectivity index (χ1v) is 12.3. The number of carbonyl (C=O) groups is 1. The number of pyridine rings is 1. The van der Waals surface area contributed by atoms with Crippen LogP contribution in [0.15, 0.2) is 67.1 Å². The summed E-state index contributed by atoms with van der Waals surface area (Å²) in [5, 5.41) is 10.7. The molecule has 0 unspecified atom stereocenters. The predicted molar refractivity (Wildman–Crippen MR) is 139 cm³/mol. The summed E-state index contributed by atoms with van der Waals surface area (Å²) in [6.07, 6.45) is 10.7. The zero-order valence-electron chi connectivity index (χ0n) is 20.1. The van der Waals surface area contributed by atoms with E-state index in [-0.39, 0.29) is 0 Å². The highest BCUT2D eigenvalue weighted by Gasteiger charge is 2.19. The van der Waals surface area contributed by atoms with Crippen molar-refractivity contribution >= 4 is 16.9 Å². The zero-order valence-corrected chi connectivity index (χ0v) is 20.1. The van der Waals surface area contributed by atoms with E-state index < -0.39 is 5.97 Å². The predicted octanol–water partition coefficient (Wildman–Crippen LogP) is 5.95. The average Bonchev–Trinajstić information content (AvgIpc) is 3.28. The Balaban J connectivity index is 1.52. The highest BCUT2D eigenvalue weighted by molar-refractivity contribution is 6.09. The molecule has 0 radical (unpaired) electrons. The van der Waals surface area contributed by atoms with Gasteiger partial charge >= 0.3 is 5.97 Å². The summed E-state index contributed by atoms with van der Waals surface area (Å²) in [7, 11) is 1.65. The van der Waals surface area contributed by atoms with E-state index in [9.17, 15) is 9.90 Å². The number of aromatic carboxylic acids is 1. The first kappa shape index (κ1) is 23.1. The Morgan fingerprint density at radius 2 is 1.77 bits per heavy atom. The molecule has 6 nitrogen and oxygen atoms in total. The van der Waals surface area contributed by atoms with Gasteiger partial charge in [-0.3, -0.25) is 4.98 Å². The van der Waals surface area contributed by atoms with Crippen LogP contribution < -0.4 is 4.74 Å². The van der Waals surface area contributed by atoms with Crippen LogP contribution in [0, 0.1) is 0 Å². The SMILES string of the molecule is COc1cccc(-c2cncc(-c3cn(CCCN4CCCCC4)c4cccc(C(=O)O)c34)c2)c1. The number of aromatic nitrogens is 2. The van der Waals surface area contributed by atoms with Gasteiger partial charge in [-0.1, -0.05) is 24.6 Å². The number of piperidine rings is 1. The average molecular weight is 470 g/mol. The number of nitrogens with zero attached hydrogens (tertiary/aromatic N) is 3.